The number of aromatic nitrogens is 7. The molecule has 0 aliphatic rings. The molecule has 12 heteroatoms. The van der Waals surface area contributed by atoms with E-state index in [9.17, 15) is 4.79 Å². The Labute approximate surface area is 188 Å². The lowest BCUT2D eigenvalue weighted by Gasteiger charge is -2.05. The number of hydrogen-bond acceptors (Lipinski definition) is 9. The Morgan fingerprint density at radius 1 is 1.23 bits per heavy atom. The van der Waals surface area contributed by atoms with Gasteiger partial charge >= 0.3 is 0 Å². The van der Waals surface area contributed by atoms with Crippen LogP contribution in [0.15, 0.2) is 33.5 Å². The van der Waals surface area contributed by atoms with Crippen LogP contribution in [0.1, 0.15) is 22.1 Å². The predicted molar refractivity (Wildman–Crippen MR) is 125 cm³/mol. The Bertz CT molecular complexity index is 1470. The van der Waals surface area contributed by atoms with E-state index in [1.54, 1.807) is 16.0 Å². The standard InChI is InChI=1S/C19H18N8OS3/c1-9-6-10(2)27(25-9)18-23-24-19(26(18)20)30-8-14-21-16(28)15-12(7-29-17(15)22-14)13-5-4-11(3)31-13/h4-7H,8,20H2,1-3H3,(H,21,22,28). The van der Waals surface area contributed by atoms with Crippen molar-refractivity contribution in [3.63, 3.8) is 0 Å². The molecule has 0 radical (unpaired) electrons. The van der Waals surface area contributed by atoms with E-state index in [2.05, 4.69) is 38.3 Å². The number of aryl methyl sites for hydroxylation is 3. The molecule has 0 bridgehead atoms. The van der Waals surface area contributed by atoms with Gasteiger partial charge in [0.2, 0.25) is 5.16 Å². The number of thioether (sulfide) groups is 1. The molecule has 31 heavy (non-hydrogen) atoms. The van der Waals surface area contributed by atoms with E-state index in [1.807, 2.05) is 31.4 Å². The maximum absolute atomic E-state index is 12.8. The molecular formula is C19H18N8OS3. The SMILES string of the molecule is Cc1cc(C)n(-c2nnc(SCc3nc4scc(-c5ccc(C)s5)c4c(=O)[nH]3)n2N)n1. The first-order chi connectivity index (χ1) is 14.9. The highest BCUT2D eigenvalue weighted by Gasteiger charge is 2.17. The van der Waals surface area contributed by atoms with Gasteiger partial charge in [0.25, 0.3) is 11.5 Å². The van der Waals surface area contributed by atoms with Gasteiger partial charge in [0.05, 0.1) is 16.8 Å². The van der Waals surface area contributed by atoms with E-state index in [-0.39, 0.29) is 5.56 Å². The predicted octanol–water partition coefficient (Wildman–Crippen LogP) is 3.42. The highest BCUT2D eigenvalue weighted by atomic mass is 32.2. The summed E-state index contributed by atoms with van der Waals surface area (Å²) in [6.45, 7) is 5.89. The summed E-state index contributed by atoms with van der Waals surface area (Å²) in [6, 6.07) is 6.04. The Morgan fingerprint density at radius 3 is 2.77 bits per heavy atom. The van der Waals surface area contributed by atoms with Gasteiger partial charge in [0, 0.05) is 26.4 Å². The maximum atomic E-state index is 12.8. The molecule has 0 amide bonds. The first-order valence-corrected chi connectivity index (χ1v) is 12.0. The minimum atomic E-state index is -0.138. The zero-order chi connectivity index (χ0) is 21.7. The second kappa shape index (κ2) is 7.62. The highest BCUT2D eigenvalue weighted by Crippen LogP contribution is 2.35. The molecular weight excluding hydrogens is 452 g/mol. The Hall–Kier alpha value is -2.96. The number of nitrogens with two attached hydrogens (primary N) is 1. The van der Waals surface area contributed by atoms with Crippen LogP contribution in [-0.2, 0) is 5.75 Å². The van der Waals surface area contributed by atoms with Gasteiger partial charge in [-0.3, -0.25) is 4.79 Å². The summed E-state index contributed by atoms with van der Waals surface area (Å²) in [7, 11) is 0. The quantitative estimate of drug-likeness (QED) is 0.298. The number of nitrogen functional groups attached to an aromatic ring is 1. The number of nitrogens with zero attached hydrogens (tertiary/aromatic N) is 6. The summed E-state index contributed by atoms with van der Waals surface area (Å²) < 4.78 is 3.04. The van der Waals surface area contributed by atoms with Crippen LogP contribution in [0, 0.1) is 20.8 Å². The van der Waals surface area contributed by atoms with Crippen LogP contribution < -0.4 is 11.4 Å². The third-order valence-electron chi connectivity index (χ3n) is 4.68. The topological polar surface area (TPSA) is 120 Å². The summed E-state index contributed by atoms with van der Waals surface area (Å²) in [5.41, 5.74) is 2.58. The van der Waals surface area contributed by atoms with E-state index in [0.29, 0.717) is 28.1 Å². The molecule has 5 aromatic rings. The molecule has 0 aromatic carbocycles. The van der Waals surface area contributed by atoms with Crippen molar-refractivity contribution < 1.29 is 0 Å². The van der Waals surface area contributed by atoms with Crippen LogP contribution in [0.2, 0.25) is 0 Å². The molecule has 3 N–H and O–H groups in total. The minimum Gasteiger partial charge on any atom is -0.334 e. The Kier molecular flexibility index (Phi) is 4.91. The molecule has 0 spiro atoms. The number of fused-ring (bicyclic) bond motifs is 1. The van der Waals surface area contributed by atoms with Gasteiger partial charge in [0.15, 0.2) is 0 Å². The van der Waals surface area contributed by atoms with Crippen molar-refractivity contribution >= 4 is 44.7 Å². The third-order valence-corrected chi connectivity index (χ3v) is 7.54. The van der Waals surface area contributed by atoms with Crippen LogP contribution in [0.25, 0.3) is 26.6 Å². The molecule has 9 nitrogen and oxygen atoms in total. The lowest BCUT2D eigenvalue weighted by Crippen LogP contribution is -2.17. The maximum Gasteiger partial charge on any atom is 0.271 e. The second-order valence-electron chi connectivity index (χ2n) is 7.03. The van der Waals surface area contributed by atoms with Crippen molar-refractivity contribution in [2.24, 2.45) is 0 Å². The number of aromatic amines is 1. The van der Waals surface area contributed by atoms with Crippen LogP contribution in [0.3, 0.4) is 0 Å². The molecule has 5 aromatic heterocycles. The van der Waals surface area contributed by atoms with Crippen molar-refractivity contribution in [1.29, 1.82) is 0 Å². The fourth-order valence-corrected chi connectivity index (χ4v) is 5.94. The van der Waals surface area contributed by atoms with Crippen LogP contribution in [0.4, 0.5) is 0 Å². The van der Waals surface area contributed by atoms with Gasteiger partial charge in [-0.2, -0.15) is 5.10 Å². The van der Waals surface area contributed by atoms with Crippen molar-refractivity contribution in [3.05, 3.63) is 56.0 Å². The van der Waals surface area contributed by atoms with Crippen LogP contribution >= 0.6 is 34.4 Å². The largest absolute Gasteiger partial charge is 0.334 e. The lowest BCUT2D eigenvalue weighted by molar-refractivity contribution is 0.727. The Morgan fingerprint density at radius 2 is 2.06 bits per heavy atom. The van der Waals surface area contributed by atoms with E-state index < -0.39 is 0 Å². The Balaban J connectivity index is 1.41. The van der Waals surface area contributed by atoms with Crippen molar-refractivity contribution in [2.75, 3.05) is 5.84 Å². The summed E-state index contributed by atoms with van der Waals surface area (Å²) in [6.07, 6.45) is 0. The molecule has 5 heterocycles. The fourth-order valence-electron chi connectivity index (χ4n) is 3.30. The fraction of sp³-hybridized carbons (Fsp3) is 0.211. The van der Waals surface area contributed by atoms with E-state index in [4.69, 9.17) is 5.84 Å². The molecule has 0 aliphatic heterocycles. The normalized spacial score (nSPS) is 11.6. The molecule has 0 fully saturated rings. The average molecular weight is 471 g/mol. The van der Waals surface area contributed by atoms with Gasteiger partial charge in [-0.05, 0) is 39.0 Å². The summed E-state index contributed by atoms with van der Waals surface area (Å²) >= 11 is 4.49. The van der Waals surface area contributed by atoms with Gasteiger partial charge in [-0.1, -0.05) is 11.8 Å². The third kappa shape index (κ3) is 3.56. The number of hydrogen-bond donors (Lipinski definition) is 2. The van der Waals surface area contributed by atoms with E-state index in [0.717, 1.165) is 26.7 Å². The first kappa shape index (κ1) is 20.0. The van der Waals surface area contributed by atoms with Crippen molar-refractivity contribution in [2.45, 2.75) is 31.7 Å². The van der Waals surface area contributed by atoms with Crippen molar-refractivity contribution in [1.82, 2.24) is 34.6 Å². The highest BCUT2D eigenvalue weighted by molar-refractivity contribution is 7.98. The van der Waals surface area contributed by atoms with Crippen LogP contribution in [-0.4, -0.2) is 34.6 Å². The number of H-pyrrole nitrogens is 1. The van der Waals surface area contributed by atoms with Crippen molar-refractivity contribution in [3.8, 4) is 16.4 Å². The number of nitrogens with one attached hydrogen (secondary N) is 1. The second-order valence-corrected chi connectivity index (χ2v) is 10.1. The minimum absolute atomic E-state index is 0.138. The zero-order valence-corrected chi connectivity index (χ0v) is 19.4. The molecule has 0 saturated carbocycles. The molecule has 0 unspecified atom stereocenters. The first-order valence-electron chi connectivity index (χ1n) is 9.35. The molecule has 0 saturated heterocycles. The summed E-state index contributed by atoms with van der Waals surface area (Å²) in [4.78, 5) is 23.4. The van der Waals surface area contributed by atoms with Gasteiger partial charge in [-0.25, -0.2) is 14.3 Å². The zero-order valence-electron chi connectivity index (χ0n) is 16.9. The number of rotatable bonds is 5. The van der Waals surface area contributed by atoms with Gasteiger partial charge in [0.1, 0.15) is 10.7 Å². The molecule has 0 atom stereocenters. The molecule has 5 rings (SSSR count). The smallest absolute Gasteiger partial charge is 0.271 e. The summed E-state index contributed by atoms with van der Waals surface area (Å²) in [5.74, 6) is 7.59. The van der Waals surface area contributed by atoms with Gasteiger partial charge < -0.3 is 10.8 Å². The van der Waals surface area contributed by atoms with Gasteiger partial charge in [-0.15, -0.1) is 32.9 Å². The van der Waals surface area contributed by atoms with E-state index >= 15 is 0 Å². The average Bonchev–Trinajstić information content (AvgIpc) is 3.48. The van der Waals surface area contributed by atoms with Crippen LogP contribution in [0.5, 0.6) is 0 Å². The molecule has 0 aliphatic carbocycles. The van der Waals surface area contributed by atoms with E-state index in [1.165, 1.54) is 32.7 Å². The molecule has 158 valence electrons. The monoisotopic (exact) mass is 470 g/mol. The summed E-state index contributed by atoms with van der Waals surface area (Å²) in [5, 5.41) is 15.8. The number of thiophene rings is 2. The lowest BCUT2D eigenvalue weighted by atomic mass is 10.2.